The van der Waals surface area contributed by atoms with Crippen molar-refractivity contribution in [3.63, 3.8) is 0 Å². The smallest absolute Gasteiger partial charge is 0.339 e. The van der Waals surface area contributed by atoms with Gasteiger partial charge >= 0.3 is 17.9 Å². The highest BCUT2D eigenvalue weighted by atomic mass is 16.7. The van der Waals surface area contributed by atoms with Crippen LogP contribution in [0.15, 0.2) is 48.5 Å². The summed E-state index contributed by atoms with van der Waals surface area (Å²) in [6.07, 6.45) is -9.06. The zero-order chi connectivity index (χ0) is 28.6. The normalized spacial score (nSPS) is 23.8. The van der Waals surface area contributed by atoms with E-state index in [0.717, 1.165) is 5.56 Å². The van der Waals surface area contributed by atoms with Crippen molar-refractivity contribution in [1.82, 2.24) is 0 Å². The number of methoxy groups -OCH3 is 1. The molecule has 0 saturated carbocycles. The number of aliphatic carboxylic acids is 1. The molecular weight excluding hydrogens is 528 g/mol. The lowest BCUT2D eigenvalue weighted by Gasteiger charge is -2.40. The number of esters is 2. The highest BCUT2D eigenvalue weighted by Crippen LogP contribution is 2.47. The molecule has 4 N–H and O–H groups in total. The van der Waals surface area contributed by atoms with E-state index in [9.17, 15) is 29.7 Å². The maximum Gasteiger partial charge on any atom is 0.339 e. The third-order valence-corrected chi connectivity index (χ3v) is 6.77. The van der Waals surface area contributed by atoms with E-state index in [1.807, 2.05) is 30.3 Å². The van der Waals surface area contributed by atoms with E-state index in [2.05, 4.69) is 0 Å². The topological polar surface area (TPSA) is 178 Å². The van der Waals surface area contributed by atoms with Gasteiger partial charge in [0, 0.05) is 16.3 Å². The zero-order valence-corrected chi connectivity index (χ0v) is 21.2. The lowest BCUT2D eigenvalue weighted by Crippen LogP contribution is -2.60. The number of cyclic esters (lactones) is 1. The molecule has 12 nitrogen and oxygen atoms in total. The molecule has 210 valence electrons. The molecule has 0 aliphatic carbocycles. The summed E-state index contributed by atoms with van der Waals surface area (Å²) in [7, 11) is 1.41. The van der Waals surface area contributed by atoms with E-state index in [1.165, 1.54) is 7.11 Å². The molecule has 5 rings (SSSR count). The fraction of sp³-hybridized carbons (Fsp3) is 0.321. The van der Waals surface area contributed by atoms with Gasteiger partial charge in [0.1, 0.15) is 44.1 Å². The van der Waals surface area contributed by atoms with Crippen LogP contribution in [-0.4, -0.2) is 82.8 Å². The van der Waals surface area contributed by atoms with E-state index in [-0.39, 0.29) is 18.1 Å². The van der Waals surface area contributed by atoms with E-state index in [0.29, 0.717) is 27.5 Å². The van der Waals surface area contributed by atoms with Gasteiger partial charge in [0.15, 0.2) is 11.5 Å². The Morgan fingerprint density at radius 2 is 1.70 bits per heavy atom. The van der Waals surface area contributed by atoms with Crippen LogP contribution in [0, 0.1) is 0 Å². The molecule has 3 aromatic rings. The minimum Gasteiger partial charge on any atom is -0.493 e. The average Bonchev–Trinajstić information content (AvgIpc) is 2.95. The number of carboxylic acids is 1. The fourth-order valence-corrected chi connectivity index (χ4v) is 4.84. The minimum atomic E-state index is -1.77. The first kappa shape index (κ1) is 27.3. The van der Waals surface area contributed by atoms with Gasteiger partial charge in [0.05, 0.1) is 12.7 Å². The molecule has 2 heterocycles. The van der Waals surface area contributed by atoms with Crippen LogP contribution in [0.25, 0.3) is 21.9 Å². The predicted molar refractivity (Wildman–Crippen MR) is 136 cm³/mol. The number of hydrogen-bond donors (Lipinski definition) is 4. The molecule has 2 aliphatic heterocycles. The van der Waals surface area contributed by atoms with Crippen molar-refractivity contribution in [3.05, 3.63) is 59.7 Å². The Morgan fingerprint density at radius 3 is 2.40 bits per heavy atom. The standard InChI is InChI=1S/C28H26O12/c1-36-17-9-14-11-38-27(35)16-8-7-15(13-5-3-2-4-6-13)22(21(14)16)26(17)40-28-25(34)24(33)23(32)18(39-28)12-37-20(31)10-19(29)30/h2-9,18,23-25,28,32-34H,10-12H2,1H3,(H,29,30)/t18-,23-,24+,25-,28-/m1/s1. The summed E-state index contributed by atoms with van der Waals surface area (Å²) in [6, 6.07) is 14.3. The number of benzene rings is 3. The molecular formula is C28H26O12. The first-order chi connectivity index (χ1) is 19.2. The summed E-state index contributed by atoms with van der Waals surface area (Å²) < 4.78 is 27.6. The second kappa shape index (κ2) is 11.1. The Labute approximate surface area is 227 Å². The minimum absolute atomic E-state index is 0.00550. The molecule has 0 amide bonds. The van der Waals surface area contributed by atoms with Crippen LogP contribution in [0.3, 0.4) is 0 Å². The van der Waals surface area contributed by atoms with Gasteiger partial charge in [0.25, 0.3) is 0 Å². The fourth-order valence-electron chi connectivity index (χ4n) is 4.84. The number of hydrogen-bond acceptors (Lipinski definition) is 11. The Kier molecular flexibility index (Phi) is 7.59. The number of carboxylic acid groups (broad SMARTS) is 1. The molecule has 1 fully saturated rings. The van der Waals surface area contributed by atoms with Gasteiger partial charge in [-0.05, 0) is 23.3 Å². The molecule has 0 bridgehead atoms. The van der Waals surface area contributed by atoms with Crippen molar-refractivity contribution in [2.45, 2.75) is 43.7 Å². The van der Waals surface area contributed by atoms with E-state index < -0.39 is 61.6 Å². The first-order valence-electron chi connectivity index (χ1n) is 12.3. The molecule has 0 aromatic heterocycles. The van der Waals surface area contributed by atoms with Crippen molar-refractivity contribution >= 4 is 28.7 Å². The second-order valence-corrected chi connectivity index (χ2v) is 9.31. The Balaban J connectivity index is 1.58. The summed E-state index contributed by atoms with van der Waals surface area (Å²) in [5, 5.41) is 41.5. The van der Waals surface area contributed by atoms with E-state index >= 15 is 0 Å². The summed E-state index contributed by atoms with van der Waals surface area (Å²) in [6.45, 7) is -0.618. The van der Waals surface area contributed by atoms with Crippen LogP contribution in [0.5, 0.6) is 11.5 Å². The molecule has 40 heavy (non-hydrogen) atoms. The van der Waals surface area contributed by atoms with Crippen LogP contribution < -0.4 is 9.47 Å². The van der Waals surface area contributed by atoms with Gasteiger partial charge in [-0.25, -0.2) is 4.79 Å². The van der Waals surface area contributed by atoms with E-state index in [4.69, 9.17) is 28.8 Å². The molecule has 1 saturated heterocycles. The van der Waals surface area contributed by atoms with Crippen LogP contribution >= 0.6 is 0 Å². The van der Waals surface area contributed by atoms with Gasteiger partial charge in [-0.2, -0.15) is 0 Å². The molecule has 0 unspecified atom stereocenters. The van der Waals surface area contributed by atoms with Gasteiger partial charge in [-0.3, -0.25) is 9.59 Å². The molecule has 0 radical (unpaired) electrons. The number of rotatable bonds is 8. The number of carbonyl (C=O) groups excluding carboxylic acids is 2. The van der Waals surface area contributed by atoms with Crippen molar-refractivity contribution in [2.24, 2.45) is 0 Å². The van der Waals surface area contributed by atoms with Gasteiger partial charge in [-0.15, -0.1) is 0 Å². The predicted octanol–water partition coefficient (Wildman–Crippen LogP) is 1.39. The molecule has 5 atom stereocenters. The van der Waals surface area contributed by atoms with E-state index in [1.54, 1.807) is 18.2 Å². The van der Waals surface area contributed by atoms with Crippen LogP contribution in [-0.2, 0) is 30.4 Å². The maximum atomic E-state index is 12.6. The molecule has 3 aromatic carbocycles. The second-order valence-electron chi connectivity index (χ2n) is 9.31. The lowest BCUT2D eigenvalue weighted by molar-refractivity contribution is -0.278. The Hall–Kier alpha value is -4.23. The maximum absolute atomic E-state index is 12.6. The number of carbonyl (C=O) groups is 3. The quantitative estimate of drug-likeness (QED) is 0.233. The third-order valence-electron chi connectivity index (χ3n) is 6.77. The lowest BCUT2D eigenvalue weighted by atomic mass is 9.90. The van der Waals surface area contributed by atoms with Gasteiger partial charge < -0.3 is 44.1 Å². The number of aliphatic hydroxyl groups excluding tert-OH is 3. The van der Waals surface area contributed by atoms with Crippen molar-refractivity contribution in [2.75, 3.05) is 13.7 Å². The van der Waals surface area contributed by atoms with Gasteiger partial charge in [0.2, 0.25) is 6.29 Å². The highest BCUT2D eigenvalue weighted by Gasteiger charge is 2.46. The summed E-state index contributed by atoms with van der Waals surface area (Å²) in [4.78, 5) is 35.1. The van der Waals surface area contributed by atoms with Gasteiger partial charge in [-0.1, -0.05) is 36.4 Å². The van der Waals surface area contributed by atoms with Crippen LogP contribution in [0.2, 0.25) is 0 Å². The number of ether oxygens (including phenoxy) is 5. The monoisotopic (exact) mass is 554 g/mol. The highest BCUT2D eigenvalue weighted by molar-refractivity contribution is 6.14. The SMILES string of the molecule is COc1cc2c3c(ccc(-c4ccccc4)c3c1O[C@H]1O[C@H](COC(=O)CC(=O)O)[C@@H](O)[C@H](O)[C@H]1O)C(=O)OC2. The summed E-state index contributed by atoms with van der Waals surface area (Å²) in [5.74, 6) is -2.70. The third kappa shape index (κ3) is 5.05. The Bertz CT molecular complexity index is 1450. The van der Waals surface area contributed by atoms with Crippen molar-refractivity contribution in [1.29, 1.82) is 0 Å². The average molecular weight is 555 g/mol. The first-order valence-corrected chi connectivity index (χ1v) is 12.3. The van der Waals surface area contributed by atoms with Crippen molar-refractivity contribution in [3.8, 4) is 22.6 Å². The summed E-state index contributed by atoms with van der Waals surface area (Å²) >= 11 is 0. The molecule has 0 spiro atoms. The molecule has 12 heteroatoms. The zero-order valence-electron chi connectivity index (χ0n) is 21.2. The van der Waals surface area contributed by atoms with Crippen LogP contribution in [0.1, 0.15) is 22.3 Å². The van der Waals surface area contributed by atoms with Crippen LogP contribution in [0.4, 0.5) is 0 Å². The molecule has 2 aliphatic rings. The number of aliphatic hydroxyl groups is 3. The summed E-state index contributed by atoms with van der Waals surface area (Å²) in [5.41, 5.74) is 2.43. The van der Waals surface area contributed by atoms with Crippen molar-refractivity contribution < 1.29 is 58.5 Å². The largest absolute Gasteiger partial charge is 0.493 e. The Morgan fingerprint density at radius 1 is 0.975 bits per heavy atom.